The molecular weight excluding hydrogens is 440 g/mol. The Balaban J connectivity index is 1.62. The Bertz CT molecular complexity index is 1110. The first-order valence-electron chi connectivity index (χ1n) is 9.45. The first-order valence-corrected chi connectivity index (χ1v) is 9.45. The van der Waals surface area contributed by atoms with E-state index in [9.17, 15) is 31.1 Å². The van der Waals surface area contributed by atoms with Gasteiger partial charge in [0.05, 0.1) is 12.1 Å². The van der Waals surface area contributed by atoms with Crippen LogP contribution in [0.2, 0.25) is 0 Å². The van der Waals surface area contributed by atoms with E-state index in [2.05, 4.69) is 15.5 Å². The average molecular weight is 459 g/mol. The van der Waals surface area contributed by atoms with Gasteiger partial charge in [0.1, 0.15) is 0 Å². The molecule has 0 aliphatic rings. The summed E-state index contributed by atoms with van der Waals surface area (Å²) in [5.74, 6) is -0.301. The summed E-state index contributed by atoms with van der Waals surface area (Å²) >= 11 is 0. The Labute approximate surface area is 178 Å². The van der Waals surface area contributed by atoms with Crippen molar-refractivity contribution in [3.05, 3.63) is 64.6 Å². The van der Waals surface area contributed by atoms with Crippen molar-refractivity contribution >= 4 is 11.7 Å². The summed E-state index contributed by atoms with van der Waals surface area (Å²) in [6.45, 7) is 3.15. The Hall–Kier alpha value is -3.31. The number of anilines is 1. The van der Waals surface area contributed by atoms with Crippen LogP contribution >= 0.6 is 0 Å². The maximum Gasteiger partial charge on any atom is 0.435 e. The molecule has 0 saturated carbocycles. The molecule has 0 spiro atoms. The fourth-order valence-corrected chi connectivity index (χ4v) is 3.04. The molecule has 0 unspecified atom stereocenters. The van der Waals surface area contributed by atoms with Crippen LogP contribution in [0.25, 0.3) is 0 Å². The van der Waals surface area contributed by atoms with Gasteiger partial charge in [-0.25, -0.2) is 0 Å². The molecule has 12 heteroatoms. The highest BCUT2D eigenvalue weighted by atomic mass is 19.4. The second kappa shape index (κ2) is 8.67. The molecule has 0 aliphatic heterocycles. The topological polar surface area (TPSA) is 64.7 Å². The molecule has 1 N–H and O–H groups in total. The maximum atomic E-state index is 12.9. The lowest BCUT2D eigenvalue weighted by Crippen LogP contribution is -2.16. The van der Waals surface area contributed by atoms with Gasteiger partial charge in [0.25, 0.3) is 0 Å². The number of aryl methyl sites for hydroxylation is 3. The zero-order chi connectivity index (χ0) is 23.7. The summed E-state index contributed by atoms with van der Waals surface area (Å²) in [5.41, 5.74) is -0.532. The number of carbonyl (C=O) groups is 1. The number of hydrogen-bond donors (Lipinski definition) is 1. The van der Waals surface area contributed by atoms with E-state index in [1.165, 1.54) is 23.7 Å². The third-order valence-corrected chi connectivity index (χ3v) is 4.66. The highest BCUT2D eigenvalue weighted by molar-refractivity contribution is 5.89. The van der Waals surface area contributed by atoms with Crippen LogP contribution in [0.3, 0.4) is 0 Å². The lowest BCUT2D eigenvalue weighted by Gasteiger charge is -2.09. The van der Waals surface area contributed by atoms with Gasteiger partial charge in [-0.05, 0) is 37.6 Å². The molecule has 0 aliphatic carbocycles. The molecule has 0 atom stereocenters. The van der Waals surface area contributed by atoms with Crippen LogP contribution in [0.1, 0.15) is 34.6 Å². The van der Waals surface area contributed by atoms with Crippen LogP contribution in [0.4, 0.5) is 32.2 Å². The van der Waals surface area contributed by atoms with E-state index in [1.54, 1.807) is 13.0 Å². The molecular formula is C20H19F6N5O. The molecule has 3 rings (SSSR count). The van der Waals surface area contributed by atoms with Crippen LogP contribution in [-0.4, -0.2) is 25.5 Å². The molecule has 2 aromatic heterocycles. The highest BCUT2D eigenvalue weighted by Gasteiger charge is 2.34. The lowest BCUT2D eigenvalue weighted by molar-refractivity contribution is -0.141. The van der Waals surface area contributed by atoms with E-state index in [1.807, 2.05) is 0 Å². The molecule has 0 fully saturated rings. The largest absolute Gasteiger partial charge is 0.435 e. The van der Waals surface area contributed by atoms with E-state index in [0.717, 1.165) is 22.9 Å². The number of carbonyl (C=O) groups excluding carboxylic acids is 1. The first-order chi connectivity index (χ1) is 14.8. The third kappa shape index (κ3) is 5.68. The Kier molecular flexibility index (Phi) is 6.33. The normalized spacial score (nSPS) is 12.2. The van der Waals surface area contributed by atoms with Gasteiger partial charge >= 0.3 is 12.4 Å². The minimum atomic E-state index is -4.57. The summed E-state index contributed by atoms with van der Waals surface area (Å²) in [7, 11) is 0. The highest BCUT2D eigenvalue weighted by Crippen LogP contribution is 2.30. The van der Waals surface area contributed by atoms with Crippen molar-refractivity contribution in [3.8, 4) is 0 Å². The lowest BCUT2D eigenvalue weighted by atomic mass is 10.1. The van der Waals surface area contributed by atoms with Gasteiger partial charge in [-0.15, -0.1) is 0 Å². The smallest absolute Gasteiger partial charge is 0.309 e. The van der Waals surface area contributed by atoms with Gasteiger partial charge < -0.3 is 5.32 Å². The molecule has 6 nitrogen and oxygen atoms in total. The number of alkyl halides is 6. The summed E-state index contributed by atoms with van der Waals surface area (Å²) in [4.78, 5) is 12.2. The number of rotatable bonds is 6. The number of amides is 1. The van der Waals surface area contributed by atoms with E-state index >= 15 is 0 Å². The second-order valence-electron chi connectivity index (χ2n) is 7.22. The van der Waals surface area contributed by atoms with Crippen molar-refractivity contribution in [3.63, 3.8) is 0 Å². The number of nitrogens with one attached hydrogen (secondary N) is 1. The number of nitrogens with zero attached hydrogens (tertiary/aromatic N) is 4. The number of hydrogen-bond acceptors (Lipinski definition) is 3. The minimum Gasteiger partial charge on any atom is -0.309 e. The average Bonchev–Trinajstić information content (AvgIpc) is 3.22. The monoisotopic (exact) mass is 459 g/mol. The number of aromatic nitrogens is 4. The van der Waals surface area contributed by atoms with Crippen LogP contribution in [0.15, 0.2) is 36.4 Å². The standard InChI is InChI=1S/C20H19F6N5O/c1-12-8-16(20(24,25)26)28-30(12)7-6-18(32)27-17-9-13(2)31(29-17)11-14-4-3-5-15(10-14)19(21,22)23/h3-5,8-10H,6-7,11H2,1-2H3,(H,27,29,32). The van der Waals surface area contributed by atoms with Crippen LogP contribution < -0.4 is 5.32 Å². The summed E-state index contributed by atoms with van der Waals surface area (Å²) in [6.07, 6.45) is -9.16. The van der Waals surface area contributed by atoms with E-state index < -0.39 is 29.5 Å². The second-order valence-corrected chi connectivity index (χ2v) is 7.22. The molecule has 172 valence electrons. The fraction of sp³-hybridized carbons (Fsp3) is 0.350. The SMILES string of the molecule is Cc1cc(NC(=O)CCn2nc(C(F)(F)F)cc2C)nn1Cc1cccc(C(F)(F)F)c1. The molecule has 0 radical (unpaired) electrons. The van der Waals surface area contributed by atoms with Crippen LogP contribution in [0, 0.1) is 13.8 Å². The van der Waals surface area contributed by atoms with Gasteiger partial charge in [-0.3, -0.25) is 14.2 Å². The van der Waals surface area contributed by atoms with Gasteiger partial charge in [0.15, 0.2) is 11.5 Å². The van der Waals surface area contributed by atoms with Gasteiger partial charge in [-0.2, -0.15) is 36.5 Å². The molecule has 2 heterocycles. The van der Waals surface area contributed by atoms with Crippen molar-refractivity contribution in [2.45, 2.75) is 45.7 Å². The third-order valence-electron chi connectivity index (χ3n) is 4.66. The van der Waals surface area contributed by atoms with Gasteiger partial charge in [0, 0.05) is 30.4 Å². The quantitative estimate of drug-likeness (QED) is 0.538. The van der Waals surface area contributed by atoms with E-state index in [0.29, 0.717) is 11.3 Å². The summed E-state index contributed by atoms with van der Waals surface area (Å²) < 4.78 is 79.4. The molecule has 1 amide bonds. The fourth-order valence-electron chi connectivity index (χ4n) is 3.04. The zero-order valence-electron chi connectivity index (χ0n) is 17.1. The Morgan fingerprint density at radius 3 is 2.25 bits per heavy atom. The van der Waals surface area contributed by atoms with E-state index in [4.69, 9.17) is 0 Å². The molecule has 1 aromatic carbocycles. The van der Waals surface area contributed by atoms with Gasteiger partial charge in [0.2, 0.25) is 5.91 Å². The van der Waals surface area contributed by atoms with Crippen molar-refractivity contribution in [2.75, 3.05) is 5.32 Å². The predicted molar refractivity (Wildman–Crippen MR) is 103 cm³/mol. The molecule has 0 saturated heterocycles. The van der Waals surface area contributed by atoms with E-state index in [-0.39, 0.29) is 31.0 Å². The first kappa shape index (κ1) is 23.4. The van der Waals surface area contributed by atoms with Crippen LogP contribution in [-0.2, 0) is 30.2 Å². The van der Waals surface area contributed by atoms with Crippen molar-refractivity contribution < 1.29 is 31.1 Å². The molecule has 32 heavy (non-hydrogen) atoms. The number of halogens is 6. The van der Waals surface area contributed by atoms with Gasteiger partial charge in [-0.1, -0.05) is 12.1 Å². The van der Waals surface area contributed by atoms with Crippen molar-refractivity contribution in [1.29, 1.82) is 0 Å². The van der Waals surface area contributed by atoms with Crippen LogP contribution in [0.5, 0.6) is 0 Å². The van der Waals surface area contributed by atoms with Crippen molar-refractivity contribution in [2.24, 2.45) is 0 Å². The Morgan fingerprint density at radius 2 is 1.62 bits per heavy atom. The number of benzene rings is 1. The van der Waals surface area contributed by atoms with Crippen molar-refractivity contribution in [1.82, 2.24) is 19.6 Å². The Morgan fingerprint density at radius 1 is 0.938 bits per heavy atom. The summed E-state index contributed by atoms with van der Waals surface area (Å²) in [5, 5.41) is 10.2. The zero-order valence-corrected chi connectivity index (χ0v) is 17.1. The summed E-state index contributed by atoms with van der Waals surface area (Å²) in [6, 6.07) is 7.30. The predicted octanol–water partition coefficient (Wildman–Crippen LogP) is 4.81. The molecule has 3 aromatic rings. The molecule has 0 bridgehead atoms. The maximum absolute atomic E-state index is 12.9. The minimum absolute atomic E-state index is 0.0579.